The van der Waals surface area contributed by atoms with Crippen LogP contribution in [-0.2, 0) is 14.3 Å². The highest BCUT2D eigenvalue weighted by atomic mass is 16.7. The van der Waals surface area contributed by atoms with Crippen molar-refractivity contribution >= 4 is 29.3 Å². The largest absolute Gasteiger partial charge is 0.497 e. The van der Waals surface area contributed by atoms with E-state index in [1.54, 1.807) is 42.5 Å². The zero-order chi connectivity index (χ0) is 47.9. The Morgan fingerprint density at radius 1 is 0.925 bits per heavy atom. The van der Waals surface area contributed by atoms with Gasteiger partial charge in [0.1, 0.15) is 41.9 Å². The highest BCUT2D eigenvalue weighted by Gasteiger charge is 2.65. The molecule has 3 aromatic rings. The standard InChI is InChI=1S/C48H60N4O15/c1-5-24-64-48-43(51(20-25-63-26-23-55)47(57)66-33-14-12-32(13-15-33)52(58)59)30-40(50-62-4)37-27-31(10-6-8-21-53)36(11-7-9-22-54)44(45(37)48)38-28-35(17-19-41(38)67-48)65-46(56)49-39-18-16-34(60-2)29-42(39)61-3/h5,12-19,27-29,31,36,43-45,53-55H,1,6-11,20-26,30H2,2-4H3,(H,49,56). The number of nitrogens with zero attached hydrogens (tertiary/aromatic N) is 3. The van der Waals surface area contributed by atoms with Crippen LogP contribution in [0.2, 0.25) is 0 Å². The van der Waals surface area contributed by atoms with E-state index in [1.807, 2.05) is 0 Å². The zero-order valence-corrected chi connectivity index (χ0v) is 38.0. The zero-order valence-electron chi connectivity index (χ0n) is 38.0. The quantitative estimate of drug-likeness (QED) is 0.0306. The number of amides is 2. The van der Waals surface area contributed by atoms with Gasteiger partial charge in [-0.15, -0.1) is 6.58 Å². The Labute approximate surface area is 389 Å². The summed E-state index contributed by atoms with van der Waals surface area (Å²) < 4.78 is 42.5. The lowest BCUT2D eigenvalue weighted by Crippen LogP contribution is -2.70. The van der Waals surface area contributed by atoms with Crippen molar-refractivity contribution in [2.75, 3.05) is 72.8 Å². The summed E-state index contributed by atoms with van der Waals surface area (Å²) in [6.45, 7) is 3.58. The number of carbonyl (C=O) groups is 2. The molecule has 6 unspecified atom stereocenters. The van der Waals surface area contributed by atoms with Crippen LogP contribution in [0.5, 0.6) is 28.7 Å². The number of aliphatic hydroxyl groups excluding tert-OH is 3. The van der Waals surface area contributed by atoms with Crippen molar-refractivity contribution in [1.82, 2.24) is 4.90 Å². The third-order valence-electron chi connectivity index (χ3n) is 12.3. The minimum absolute atomic E-state index is 0.00485. The molecule has 19 heteroatoms. The van der Waals surface area contributed by atoms with Gasteiger partial charge < -0.3 is 53.3 Å². The van der Waals surface area contributed by atoms with Crippen LogP contribution in [-0.4, -0.2) is 122 Å². The van der Waals surface area contributed by atoms with Crippen LogP contribution >= 0.6 is 0 Å². The van der Waals surface area contributed by atoms with Crippen molar-refractivity contribution in [3.63, 3.8) is 0 Å². The summed E-state index contributed by atoms with van der Waals surface area (Å²) in [5.74, 6) is -1.51. The maximum Gasteiger partial charge on any atom is 0.417 e. The highest BCUT2D eigenvalue weighted by Crippen LogP contribution is 2.62. The van der Waals surface area contributed by atoms with Crippen LogP contribution in [0.15, 0.2) is 90.1 Å². The topological polar surface area (TPSA) is 239 Å². The molecule has 3 aliphatic rings. The van der Waals surface area contributed by atoms with E-state index in [0.717, 1.165) is 5.57 Å². The number of fused-ring (bicyclic) bond motifs is 2. The second kappa shape index (κ2) is 24.0. The molecule has 3 aromatic carbocycles. The summed E-state index contributed by atoms with van der Waals surface area (Å²) >= 11 is 0. The van der Waals surface area contributed by atoms with E-state index in [9.17, 15) is 35.0 Å². The summed E-state index contributed by atoms with van der Waals surface area (Å²) in [6.07, 6.45) is 6.04. The van der Waals surface area contributed by atoms with E-state index in [0.29, 0.717) is 72.7 Å². The summed E-state index contributed by atoms with van der Waals surface area (Å²) in [6, 6.07) is 14.1. The first-order valence-electron chi connectivity index (χ1n) is 22.3. The molecule has 0 spiro atoms. The number of nitro benzene ring substituents is 1. The fourth-order valence-corrected chi connectivity index (χ4v) is 9.47. The molecule has 362 valence electrons. The Morgan fingerprint density at radius 3 is 2.33 bits per heavy atom. The molecule has 19 nitrogen and oxygen atoms in total. The van der Waals surface area contributed by atoms with Crippen LogP contribution < -0.4 is 29.0 Å². The molecule has 0 bridgehead atoms. The average Bonchev–Trinajstić information content (AvgIpc) is 3.32. The number of nitro groups is 1. The Hall–Kier alpha value is -6.25. The third-order valence-corrected chi connectivity index (χ3v) is 12.3. The average molecular weight is 933 g/mol. The Kier molecular flexibility index (Phi) is 18.0. The van der Waals surface area contributed by atoms with Crippen molar-refractivity contribution in [2.45, 2.75) is 62.7 Å². The lowest BCUT2D eigenvalue weighted by atomic mass is 9.55. The number of ether oxygens (including phenoxy) is 7. The van der Waals surface area contributed by atoms with E-state index < -0.39 is 40.8 Å². The number of oxime groups is 1. The first-order valence-corrected chi connectivity index (χ1v) is 22.3. The van der Waals surface area contributed by atoms with Gasteiger partial charge in [0.05, 0.1) is 62.9 Å². The number of benzene rings is 3. The first kappa shape index (κ1) is 50.2. The van der Waals surface area contributed by atoms with Crippen LogP contribution in [0.25, 0.3) is 0 Å². The third kappa shape index (κ3) is 11.7. The van der Waals surface area contributed by atoms with Gasteiger partial charge in [0.25, 0.3) is 5.69 Å². The number of allylic oxidation sites excluding steroid dienone is 1. The molecule has 67 heavy (non-hydrogen) atoms. The summed E-state index contributed by atoms with van der Waals surface area (Å²) in [5, 5.41) is 48.1. The van der Waals surface area contributed by atoms with Crippen LogP contribution in [0.3, 0.4) is 0 Å². The summed E-state index contributed by atoms with van der Waals surface area (Å²) in [4.78, 5) is 46.0. The van der Waals surface area contributed by atoms with Crippen molar-refractivity contribution in [2.24, 2.45) is 22.9 Å². The van der Waals surface area contributed by atoms with Gasteiger partial charge in [-0.1, -0.05) is 30.1 Å². The number of unbranched alkanes of at least 4 members (excludes halogenated alkanes) is 2. The predicted molar refractivity (Wildman–Crippen MR) is 245 cm³/mol. The minimum atomic E-state index is -1.67. The highest BCUT2D eigenvalue weighted by molar-refractivity contribution is 6.03. The number of carbonyl (C=O) groups excluding carboxylic acids is 2. The van der Waals surface area contributed by atoms with E-state index in [4.69, 9.17) is 38.0 Å². The second-order valence-corrected chi connectivity index (χ2v) is 16.2. The summed E-state index contributed by atoms with van der Waals surface area (Å²) in [7, 11) is 4.43. The van der Waals surface area contributed by atoms with Crippen LogP contribution in [0.1, 0.15) is 56.4 Å². The Bertz CT molecular complexity index is 2240. The molecular weight excluding hydrogens is 873 g/mol. The smallest absolute Gasteiger partial charge is 0.417 e. The first-order chi connectivity index (χ1) is 32.5. The van der Waals surface area contributed by atoms with Crippen molar-refractivity contribution < 1.29 is 67.8 Å². The van der Waals surface area contributed by atoms with Gasteiger partial charge in [-0.25, -0.2) is 9.59 Å². The lowest BCUT2D eigenvalue weighted by Gasteiger charge is -2.59. The number of methoxy groups -OCH3 is 2. The monoisotopic (exact) mass is 932 g/mol. The number of rotatable bonds is 24. The van der Waals surface area contributed by atoms with Gasteiger partial charge in [0.15, 0.2) is 0 Å². The predicted octanol–water partition coefficient (Wildman–Crippen LogP) is 7.00. The number of non-ortho nitro benzene ring substituents is 1. The molecule has 0 saturated heterocycles. The van der Waals surface area contributed by atoms with E-state index in [2.05, 4.69) is 23.1 Å². The molecule has 2 aliphatic carbocycles. The fourth-order valence-electron chi connectivity index (χ4n) is 9.47. The molecule has 6 atom stereocenters. The number of anilines is 1. The molecule has 1 fully saturated rings. The number of hydrogen-bond donors (Lipinski definition) is 4. The van der Waals surface area contributed by atoms with Crippen molar-refractivity contribution in [1.29, 1.82) is 0 Å². The van der Waals surface area contributed by atoms with Crippen molar-refractivity contribution in [3.8, 4) is 28.7 Å². The molecule has 0 aromatic heterocycles. The maximum absolute atomic E-state index is 14.7. The molecular formula is C48H60N4O15. The van der Waals surface area contributed by atoms with Crippen LogP contribution in [0, 0.1) is 27.9 Å². The number of nitrogens with one attached hydrogen (secondary N) is 1. The van der Waals surface area contributed by atoms with Gasteiger partial charge in [0.2, 0.25) is 5.79 Å². The van der Waals surface area contributed by atoms with Gasteiger partial charge in [-0.3, -0.25) is 20.3 Å². The number of hydrogen-bond acceptors (Lipinski definition) is 16. The molecule has 4 N–H and O–H groups in total. The van der Waals surface area contributed by atoms with Gasteiger partial charge in [-0.05, 0) is 85.6 Å². The van der Waals surface area contributed by atoms with Crippen molar-refractivity contribution in [3.05, 3.63) is 101 Å². The minimum Gasteiger partial charge on any atom is -0.497 e. The molecule has 1 aliphatic heterocycles. The van der Waals surface area contributed by atoms with E-state index in [1.165, 1.54) is 50.5 Å². The normalized spacial score (nSPS) is 22.0. The molecule has 1 saturated carbocycles. The SMILES string of the molecule is C=CCOC12Oc3ccc(OC(=O)Nc4ccc(OC)cc4OC)cc3C3C(CCCCO)C(CCCCO)C=C(C(=NOC)CC1N(CCOCCO)C(=O)Oc1ccc([N+](=O)[O-])cc1)C32. The van der Waals surface area contributed by atoms with E-state index >= 15 is 0 Å². The lowest BCUT2D eigenvalue weighted by molar-refractivity contribution is -0.384. The number of aliphatic hydroxyl groups is 3. The Morgan fingerprint density at radius 2 is 1.66 bits per heavy atom. The molecule has 1 heterocycles. The second-order valence-electron chi connectivity index (χ2n) is 16.2. The van der Waals surface area contributed by atoms with Gasteiger partial charge in [0, 0.05) is 55.9 Å². The van der Waals surface area contributed by atoms with E-state index in [-0.39, 0.29) is 81.6 Å². The van der Waals surface area contributed by atoms with Gasteiger partial charge in [-0.2, -0.15) is 0 Å². The maximum atomic E-state index is 14.7. The Balaban J connectivity index is 1.51. The summed E-state index contributed by atoms with van der Waals surface area (Å²) in [5.41, 5.74) is 2.14. The molecule has 6 rings (SSSR count). The fraction of sp³-hybridized carbons (Fsp3) is 0.479. The molecule has 2 amide bonds. The van der Waals surface area contributed by atoms with Crippen LogP contribution in [0.4, 0.5) is 21.0 Å². The molecule has 0 radical (unpaired) electrons. The van der Waals surface area contributed by atoms with Gasteiger partial charge >= 0.3 is 12.2 Å².